The molecule has 10 heteroatoms. The maximum Gasteiger partial charge on any atom is 0.374 e. The van der Waals surface area contributed by atoms with Crippen LogP contribution in [0.5, 0.6) is 0 Å². The van der Waals surface area contributed by atoms with Crippen molar-refractivity contribution in [3.8, 4) is 0 Å². The standard InChI is InChI=1S/C17H21N3O6S/c1-2-20(13-6-9-27(23,24)12-13)16(21)11-25-17(22)15-5-4-14(26-15)10-19-8-3-7-18-19/h3-5,7-8,13H,2,6,9-12H2,1H3. The summed E-state index contributed by atoms with van der Waals surface area (Å²) in [5.41, 5.74) is 0. The maximum atomic E-state index is 12.3. The quantitative estimate of drug-likeness (QED) is 0.635. The van der Waals surface area contributed by atoms with E-state index in [1.165, 1.54) is 11.0 Å². The average molecular weight is 395 g/mol. The summed E-state index contributed by atoms with van der Waals surface area (Å²) in [6.45, 7) is 2.03. The largest absolute Gasteiger partial charge is 0.452 e. The Morgan fingerprint density at radius 2 is 2.22 bits per heavy atom. The van der Waals surface area contributed by atoms with Crippen molar-refractivity contribution in [3.63, 3.8) is 0 Å². The summed E-state index contributed by atoms with van der Waals surface area (Å²) in [7, 11) is -3.10. The lowest BCUT2D eigenvalue weighted by molar-refractivity contribution is -0.136. The van der Waals surface area contributed by atoms with Gasteiger partial charge in [-0.3, -0.25) is 9.48 Å². The molecule has 1 aliphatic heterocycles. The molecule has 1 amide bonds. The minimum absolute atomic E-state index is 0.00329. The van der Waals surface area contributed by atoms with E-state index in [-0.39, 0.29) is 23.3 Å². The predicted octanol–water partition coefficient (Wildman–Crippen LogP) is 0.717. The topological polar surface area (TPSA) is 112 Å². The van der Waals surface area contributed by atoms with Gasteiger partial charge >= 0.3 is 5.97 Å². The van der Waals surface area contributed by atoms with Crippen LogP contribution >= 0.6 is 0 Å². The number of rotatable bonds is 7. The number of carbonyl (C=O) groups excluding carboxylic acids is 2. The summed E-state index contributed by atoms with van der Waals surface area (Å²) in [4.78, 5) is 25.9. The Balaban J connectivity index is 1.53. The first kappa shape index (κ1) is 19.2. The number of aromatic nitrogens is 2. The Bertz CT molecular complexity index is 903. The molecule has 1 atom stereocenters. The molecule has 0 bridgehead atoms. The van der Waals surface area contributed by atoms with Gasteiger partial charge in [0, 0.05) is 25.0 Å². The molecular weight excluding hydrogens is 374 g/mol. The van der Waals surface area contributed by atoms with Crippen molar-refractivity contribution in [2.75, 3.05) is 24.7 Å². The molecule has 9 nitrogen and oxygen atoms in total. The number of furan rings is 1. The van der Waals surface area contributed by atoms with Gasteiger partial charge in [0.1, 0.15) is 5.76 Å². The van der Waals surface area contributed by atoms with Crippen molar-refractivity contribution in [1.82, 2.24) is 14.7 Å². The molecule has 0 saturated carbocycles. The highest BCUT2D eigenvalue weighted by Crippen LogP contribution is 2.18. The fourth-order valence-electron chi connectivity index (χ4n) is 3.07. The smallest absolute Gasteiger partial charge is 0.374 e. The van der Waals surface area contributed by atoms with E-state index in [0.29, 0.717) is 25.3 Å². The zero-order valence-corrected chi connectivity index (χ0v) is 15.7. The van der Waals surface area contributed by atoms with Gasteiger partial charge in [0.25, 0.3) is 5.91 Å². The molecule has 1 unspecified atom stereocenters. The number of hydrogen-bond donors (Lipinski definition) is 0. The number of likely N-dealkylation sites (N-methyl/N-ethyl adjacent to an activating group) is 1. The van der Waals surface area contributed by atoms with Gasteiger partial charge in [0.15, 0.2) is 16.4 Å². The molecule has 2 aromatic heterocycles. The third kappa shape index (κ3) is 4.76. The van der Waals surface area contributed by atoms with Crippen molar-refractivity contribution in [2.24, 2.45) is 0 Å². The number of esters is 1. The van der Waals surface area contributed by atoms with Gasteiger partial charge in [0.05, 0.1) is 18.1 Å². The molecule has 0 spiro atoms. The number of sulfone groups is 1. The lowest BCUT2D eigenvalue weighted by Crippen LogP contribution is -2.43. The second-order valence-corrected chi connectivity index (χ2v) is 8.51. The molecule has 1 saturated heterocycles. The lowest BCUT2D eigenvalue weighted by Gasteiger charge is -2.26. The van der Waals surface area contributed by atoms with E-state index in [4.69, 9.17) is 9.15 Å². The SMILES string of the molecule is CCN(C(=O)COC(=O)c1ccc(Cn2cccn2)o1)C1CCS(=O)(=O)C1. The van der Waals surface area contributed by atoms with Gasteiger partial charge < -0.3 is 14.1 Å². The first-order chi connectivity index (χ1) is 12.9. The van der Waals surface area contributed by atoms with E-state index in [1.807, 2.05) is 0 Å². The highest BCUT2D eigenvalue weighted by molar-refractivity contribution is 7.91. The van der Waals surface area contributed by atoms with Crippen molar-refractivity contribution in [2.45, 2.75) is 25.9 Å². The molecule has 0 aromatic carbocycles. The van der Waals surface area contributed by atoms with Crippen LogP contribution in [0, 0.1) is 0 Å². The molecule has 27 heavy (non-hydrogen) atoms. The van der Waals surface area contributed by atoms with Crippen molar-refractivity contribution in [3.05, 3.63) is 42.1 Å². The van der Waals surface area contributed by atoms with Gasteiger partial charge in [-0.05, 0) is 31.5 Å². The van der Waals surface area contributed by atoms with Gasteiger partial charge in [0.2, 0.25) is 5.76 Å². The van der Waals surface area contributed by atoms with Crippen LogP contribution in [0.25, 0.3) is 0 Å². The van der Waals surface area contributed by atoms with Crippen LogP contribution in [0.2, 0.25) is 0 Å². The predicted molar refractivity (Wildman–Crippen MR) is 94.8 cm³/mol. The summed E-state index contributed by atoms with van der Waals surface area (Å²) in [6, 6.07) is 4.53. The highest BCUT2D eigenvalue weighted by Gasteiger charge is 2.34. The van der Waals surface area contributed by atoms with Gasteiger partial charge in [-0.15, -0.1) is 0 Å². The monoisotopic (exact) mass is 395 g/mol. The lowest BCUT2D eigenvalue weighted by atomic mass is 10.2. The number of amides is 1. The van der Waals surface area contributed by atoms with Gasteiger partial charge in [-0.2, -0.15) is 5.10 Å². The third-order valence-electron chi connectivity index (χ3n) is 4.38. The molecule has 0 N–H and O–H groups in total. The Hall–Kier alpha value is -2.62. The minimum atomic E-state index is -3.10. The zero-order valence-electron chi connectivity index (χ0n) is 14.9. The van der Waals surface area contributed by atoms with Gasteiger partial charge in [-0.25, -0.2) is 13.2 Å². The molecule has 1 fully saturated rings. The Kier molecular flexibility index (Phi) is 5.64. The number of nitrogens with zero attached hydrogens (tertiary/aromatic N) is 3. The van der Waals surface area contributed by atoms with Crippen molar-refractivity contribution < 1.29 is 27.2 Å². The second kappa shape index (κ2) is 7.95. The third-order valence-corrected chi connectivity index (χ3v) is 6.13. The van der Waals surface area contributed by atoms with E-state index in [0.717, 1.165) is 0 Å². The molecular formula is C17H21N3O6S. The average Bonchev–Trinajstić information content (AvgIpc) is 3.36. The fraction of sp³-hybridized carbons (Fsp3) is 0.471. The van der Waals surface area contributed by atoms with Crippen LogP contribution in [0.3, 0.4) is 0 Å². The number of hydrogen-bond acceptors (Lipinski definition) is 7. The normalized spacial score (nSPS) is 18.3. The van der Waals surface area contributed by atoms with Crippen LogP contribution in [-0.4, -0.2) is 65.7 Å². The molecule has 1 aliphatic rings. The van der Waals surface area contributed by atoms with E-state index in [1.54, 1.807) is 36.1 Å². The van der Waals surface area contributed by atoms with E-state index in [9.17, 15) is 18.0 Å². The molecule has 0 radical (unpaired) electrons. The molecule has 3 heterocycles. The fourth-order valence-corrected chi connectivity index (χ4v) is 4.80. The molecule has 0 aliphatic carbocycles. The van der Waals surface area contributed by atoms with Crippen molar-refractivity contribution in [1.29, 1.82) is 0 Å². The summed E-state index contributed by atoms with van der Waals surface area (Å²) in [5.74, 6) is -0.608. The van der Waals surface area contributed by atoms with Crippen LogP contribution < -0.4 is 0 Å². The number of carbonyl (C=O) groups is 2. The Morgan fingerprint density at radius 1 is 1.41 bits per heavy atom. The van der Waals surface area contributed by atoms with Crippen LogP contribution in [-0.2, 0) is 25.9 Å². The van der Waals surface area contributed by atoms with Gasteiger partial charge in [-0.1, -0.05) is 0 Å². The van der Waals surface area contributed by atoms with E-state index < -0.39 is 28.3 Å². The van der Waals surface area contributed by atoms with Crippen LogP contribution in [0.1, 0.15) is 29.7 Å². The zero-order chi connectivity index (χ0) is 19.4. The molecule has 146 valence electrons. The summed E-state index contributed by atoms with van der Waals surface area (Å²) < 4.78 is 35.3. The number of ether oxygens (including phenoxy) is 1. The first-order valence-electron chi connectivity index (χ1n) is 8.61. The Morgan fingerprint density at radius 3 is 2.85 bits per heavy atom. The summed E-state index contributed by atoms with van der Waals surface area (Å²) in [5, 5.41) is 4.05. The maximum absolute atomic E-state index is 12.3. The minimum Gasteiger partial charge on any atom is -0.452 e. The van der Waals surface area contributed by atoms with Crippen LogP contribution in [0.4, 0.5) is 0 Å². The summed E-state index contributed by atoms with van der Waals surface area (Å²) in [6.07, 6.45) is 3.81. The molecule has 2 aromatic rings. The molecule has 3 rings (SSSR count). The van der Waals surface area contributed by atoms with Crippen LogP contribution in [0.15, 0.2) is 35.0 Å². The Labute approximate surface area is 156 Å². The summed E-state index contributed by atoms with van der Waals surface area (Å²) >= 11 is 0. The first-order valence-corrected chi connectivity index (χ1v) is 10.4. The van der Waals surface area contributed by atoms with E-state index >= 15 is 0 Å². The van der Waals surface area contributed by atoms with E-state index in [2.05, 4.69) is 5.10 Å². The van der Waals surface area contributed by atoms with Crippen molar-refractivity contribution >= 4 is 21.7 Å². The second-order valence-electron chi connectivity index (χ2n) is 6.28. The highest BCUT2D eigenvalue weighted by atomic mass is 32.2.